The van der Waals surface area contributed by atoms with Crippen LogP contribution in [0, 0.1) is 5.41 Å². The Kier molecular flexibility index (Phi) is 7.43. The normalized spacial score (nSPS) is 4.80. The van der Waals surface area contributed by atoms with E-state index in [4.69, 9.17) is 5.41 Å². The second kappa shape index (κ2) is 4.15. The Bertz CT molecular complexity index is 29.9. The van der Waals surface area contributed by atoms with Crippen LogP contribution in [0.25, 0.3) is 0 Å². The van der Waals surface area contributed by atoms with Crippen molar-refractivity contribution in [2.24, 2.45) is 11.5 Å². The Morgan fingerprint density at radius 3 is 1.40 bits per heavy atom. The van der Waals surface area contributed by atoms with E-state index >= 15 is 0 Å². The second-order valence-electron chi connectivity index (χ2n) is 0.455. The van der Waals surface area contributed by atoms with Gasteiger partial charge in [-0.3, -0.25) is 5.41 Å². The molecule has 0 atom stereocenters. The molecule has 4 heteroatoms. The fraction of sp³-hybridized carbons (Fsp3) is 0. The van der Waals surface area contributed by atoms with Crippen molar-refractivity contribution in [3.05, 3.63) is 0 Å². The Balaban J connectivity index is 0. The minimum absolute atomic E-state index is 0. The van der Waals surface area contributed by atoms with Crippen molar-refractivity contribution in [1.82, 2.24) is 0 Å². The van der Waals surface area contributed by atoms with Gasteiger partial charge in [0.05, 0.1) is 0 Å². The van der Waals surface area contributed by atoms with Crippen LogP contribution in [0.3, 0.4) is 0 Å². The molecule has 5 heavy (non-hydrogen) atoms. The van der Waals surface area contributed by atoms with Gasteiger partial charge in [-0.15, -0.1) is 0 Å². The number of hydrogen-bond acceptors (Lipinski definition) is 1. The number of guanidine groups is 1. The molecule has 0 unspecified atom stereocenters. The van der Waals surface area contributed by atoms with Crippen molar-refractivity contribution in [3.8, 4) is 0 Å². The largest absolute Gasteiger partial charge is 0.370 e. The summed E-state index contributed by atoms with van der Waals surface area (Å²) >= 11 is 0. The van der Waals surface area contributed by atoms with E-state index in [1.807, 2.05) is 0 Å². The van der Waals surface area contributed by atoms with Gasteiger partial charge in [-0.05, 0) is 0 Å². The summed E-state index contributed by atoms with van der Waals surface area (Å²) in [5, 5.41) is 6.06. The number of hydrogen-bond donors (Lipinski definition) is 3. The van der Waals surface area contributed by atoms with Gasteiger partial charge in [0.15, 0.2) is 5.96 Å². The molecule has 0 aromatic heterocycles. The topological polar surface area (TPSA) is 75.9 Å². The molecule has 0 radical (unpaired) electrons. The molecule has 0 amide bonds. The molecule has 0 spiro atoms. The second-order valence-corrected chi connectivity index (χ2v) is 0.455. The Labute approximate surface area is 49.4 Å². The summed E-state index contributed by atoms with van der Waals surface area (Å²) in [7, 11) is 0. The van der Waals surface area contributed by atoms with Crippen LogP contribution in [0.1, 0.15) is 0 Å². The first-order valence-corrected chi connectivity index (χ1v) is 0.827. The van der Waals surface area contributed by atoms with Crippen LogP contribution >= 0.6 is 0 Å². The fourth-order valence-electron chi connectivity index (χ4n) is 0. The molecule has 0 saturated heterocycles. The van der Waals surface area contributed by atoms with Gasteiger partial charge < -0.3 is 11.5 Å². The van der Waals surface area contributed by atoms with E-state index in [-0.39, 0.29) is 32.2 Å². The molecular formula is CH5N3Zr. The molecule has 0 fully saturated rings. The molecule has 3 nitrogen and oxygen atoms in total. The summed E-state index contributed by atoms with van der Waals surface area (Å²) in [6, 6.07) is 0. The van der Waals surface area contributed by atoms with Gasteiger partial charge in [0.1, 0.15) is 0 Å². The molecule has 0 aliphatic rings. The maximum atomic E-state index is 6.06. The minimum Gasteiger partial charge on any atom is -0.370 e. The van der Waals surface area contributed by atoms with Crippen LogP contribution in [0.4, 0.5) is 0 Å². The van der Waals surface area contributed by atoms with Crippen LogP contribution in [0.2, 0.25) is 0 Å². The van der Waals surface area contributed by atoms with Crippen LogP contribution in [-0.4, -0.2) is 5.96 Å². The zero-order chi connectivity index (χ0) is 3.58. The van der Waals surface area contributed by atoms with Crippen molar-refractivity contribution in [3.63, 3.8) is 0 Å². The van der Waals surface area contributed by atoms with Gasteiger partial charge >= 0.3 is 0 Å². The summed E-state index contributed by atoms with van der Waals surface area (Å²) in [6.07, 6.45) is 0. The van der Waals surface area contributed by atoms with Gasteiger partial charge in [0.25, 0.3) is 0 Å². The summed E-state index contributed by atoms with van der Waals surface area (Å²) in [4.78, 5) is 0. The Morgan fingerprint density at radius 1 is 1.40 bits per heavy atom. The van der Waals surface area contributed by atoms with Crippen molar-refractivity contribution >= 4 is 5.96 Å². The van der Waals surface area contributed by atoms with Crippen molar-refractivity contribution in [2.45, 2.75) is 0 Å². The van der Waals surface area contributed by atoms with Gasteiger partial charge in [-0.25, -0.2) is 0 Å². The molecule has 28 valence electrons. The average molecular weight is 150 g/mol. The van der Waals surface area contributed by atoms with E-state index in [1.54, 1.807) is 0 Å². The Morgan fingerprint density at radius 2 is 1.40 bits per heavy atom. The molecule has 0 aromatic carbocycles. The summed E-state index contributed by atoms with van der Waals surface area (Å²) in [5.74, 6) is -0.333. The smallest absolute Gasteiger partial charge is 0.183 e. The van der Waals surface area contributed by atoms with Gasteiger partial charge in [-0.1, -0.05) is 0 Å². The first-order chi connectivity index (χ1) is 1.73. The molecule has 0 aliphatic carbocycles. The van der Waals surface area contributed by atoms with Crippen LogP contribution in [-0.2, 0) is 26.2 Å². The van der Waals surface area contributed by atoms with E-state index in [0.29, 0.717) is 0 Å². The molecule has 0 heterocycles. The maximum absolute atomic E-state index is 6.06. The van der Waals surface area contributed by atoms with Gasteiger partial charge in [0.2, 0.25) is 0 Å². The number of nitrogens with one attached hydrogen (secondary N) is 1. The molecule has 0 saturated carbocycles. The third-order valence-electron chi connectivity index (χ3n) is 0. The average Bonchev–Trinajstić information content (AvgIpc) is 0.811. The summed E-state index contributed by atoms with van der Waals surface area (Å²) < 4.78 is 0. The summed E-state index contributed by atoms with van der Waals surface area (Å²) in [5.41, 5.74) is 8.94. The van der Waals surface area contributed by atoms with E-state index in [2.05, 4.69) is 11.5 Å². The van der Waals surface area contributed by atoms with Gasteiger partial charge in [0, 0.05) is 26.2 Å². The van der Waals surface area contributed by atoms with E-state index < -0.39 is 0 Å². The monoisotopic (exact) mass is 149 g/mol. The van der Waals surface area contributed by atoms with Crippen molar-refractivity contribution < 1.29 is 26.2 Å². The molecule has 0 rings (SSSR count). The van der Waals surface area contributed by atoms with Crippen LogP contribution < -0.4 is 11.5 Å². The first-order valence-electron chi connectivity index (χ1n) is 0.827. The molecule has 0 bridgehead atoms. The van der Waals surface area contributed by atoms with E-state index in [9.17, 15) is 0 Å². The van der Waals surface area contributed by atoms with E-state index in [1.165, 1.54) is 0 Å². The molecule has 0 aliphatic heterocycles. The molecule has 0 aromatic rings. The van der Waals surface area contributed by atoms with Crippen LogP contribution in [0.5, 0.6) is 0 Å². The predicted molar refractivity (Wildman–Crippen MR) is 16.1 cm³/mol. The standard InChI is InChI=1S/CH5N3.Zr/c2-1(3)4;/h(H5,2,3,4);. The predicted octanol–water partition coefficient (Wildman–Crippen LogP) is -1.16. The number of nitrogens with two attached hydrogens (primary N) is 2. The van der Waals surface area contributed by atoms with Crippen molar-refractivity contribution in [1.29, 1.82) is 5.41 Å². The van der Waals surface area contributed by atoms with Gasteiger partial charge in [-0.2, -0.15) is 0 Å². The fourth-order valence-corrected chi connectivity index (χ4v) is 0. The van der Waals surface area contributed by atoms with Crippen molar-refractivity contribution in [2.75, 3.05) is 0 Å². The van der Waals surface area contributed by atoms with E-state index in [0.717, 1.165) is 0 Å². The molecular weight excluding hydrogens is 145 g/mol. The van der Waals surface area contributed by atoms with Crippen LogP contribution in [0.15, 0.2) is 0 Å². The quantitative estimate of drug-likeness (QED) is 0.301. The summed E-state index contributed by atoms with van der Waals surface area (Å²) in [6.45, 7) is 0. The first kappa shape index (κ1) is 8.94. The third-order valence-corrected chi connectivity index (χ3v) is 0. The SMILES string of the molecule is N=C(N)N.[Zr]. The molecule has 5 N–H and O–H groups in total. The zero-order valence-electron chi connectivity index (χ0n) is 2.65. The maximum Gasteiger partial charge on any atom is 0.183 e. The third kappa shape index (κ3) is 821. The minimum atomic E-state index is -0.333. The zero-order valence-corrected chi connectivity index (χ0v) is 5.11. The Hall–Kier alpha value is 0.153. The number of rotatable bonds is 0.